The molecule has 0 bridgehead atoms. The maximum absolute atomic E-state index is 12.8. The fourth-order valence-electron chi connectivity index (χ4n) is 2.92. The van der Waals surface area contributed by atoms with Crippen LogP contribution in [0.4, 0.5) is 0 Å². The first kappa shape index (κ1) is 25.2. The first-order valence-electron chi connectivity index (χ1n) is 10.1. The fourth-order valence-corrected chi connectivity index (χ4v) is 4.23. The van der Waals surface area contributed by atoms with Crippen LogP contribution < -0.4 is 9.47 Å². The number of unbranched alkanes of at least 4 members (excludes halogenated alkanes) is 2. The van der Waals surface area contributed by atoms with Crippen LogP contribution in [0.15, 0.2) is 23.1 Å². The molecule has 0 aliphatic carbocycles. The Labute approximate surface area is 193 Å². The summed E-state index contributed by atoms with van der Waals surface area (Å²) in [6.07, 6.45) is 4.54. The van der Waals surface area contributed by atoms with Gasteiger partial charge in [-0.25, -0.2) is 0 Å². The van der Waals surface area contributed by atoms with Crippen molar-refractivity contribution in [1.29, 1.82) is 0 Å². The summed E-state index contributed by atoms with van der Waals surface area (Å²) in [5.74, 6) is 0.971. The zero-order valence-corrected chi connectivity index (χ0v) is 20.1. The number of hydrogen-bond donors (Lipinski definition) is 0. The van der Waals surface area contributed by atoms with Gasteiger partial charge in [0.25, 0.3) is 5.91 Å². The molecule has 0 spiro atoms. The van der Waals surface area contributed by atoms with Crippen LogP contribution in [0, 0.1) is 0 Å². The monoisotopic (exact) mass is 466 g/mol. The SMILES string of the molecule is COc1ccc(C=C2SC(=S)N(CCCCCC(=O)OCCN(C)C)C2=O)cc1OC. The Morgan fingerprint density at radius 1 is 1.16 bits per heavy atom. The summed E-state index contributed by atoms with van der Waals surface area (Å²) in [4.78, 5) is 28.6. The number of hydrogen-bond acceptors (Lipinski definition) is 8. The Balaban J connectivity index is 1.80. The molecule has 0 aromatic heterocycles. The van der Waals surface area contributed by atoms with Gasteiger partial charge in [0, 0.05) is 19.5 Å². The van der Waals surface area contributed by atoms with Crippen LogP contribution in [0.25, 0.3) is 6.08 Å². The molecule has 0 radical (unpaired) electrons. The number of amides is 1. The Hall–Kier alpha value is -2.10. The number of carbonyl (C=O) groups excluding carboxylic acids is 2. The van der Waals surface area contributed by atoms with Crippen molar-refractivity contribution in [3.8, 4) is 11.5 Å². The van der Waals surface area contributed by atoms with Gasteiger partial charge in [-0.3, -0.25) is 14.5 Å². The van der Waals surface area contributed by atoms with E-state index in [2.05, 4.69) is 0 Å². The summed E-state index contributed by atoms with van der Waals surface area (Å²) >= 11 is 6.69. The quantitative estimate of drug-likeness (QED) is 0.200. The first-order chi connectivity index (χ1) is 14.8. The first-order valence-corrected chi connectivity index (χ1v) is 11.4. The molecule has 1 fully saturated rings. The maximum Gasteiger partial charge on any atom is 0.305 e. The highest BCUT2D eigenvalue weighted by molar-refractivity contribution is 8.26. The third-order valence-corrected chi connectivity index (χ3v) is 6.02. The zero-order chi connectivity index (χ0) is 22.8. The van der Waals surface area contributed by atoms with Gasteiger partial charge in [-0.2, -0.15) is 0 Å². The molecule has 170 valence electrons. The van der Waals surface area contributed by atoms with E-state index in [4.69, 9.17) is 26.4 Å². The van der Waals surface area contributed by atoms with Crippen LogP contribution in [-0.4, -0.2) is 74.0 Å². The lowest BCUT2D eigenvalue weighted by molar-refractivity contribution is -0.144. The Morgan fingerprint density at radius 2 is 1.90 bits per heavy atom. The molecule has 1 aromatic carbocycles. The summed E-state index contributed by atoms with van der Waals surface area (Å²) in [6, 6.07) is 5.49. The van der Waals surface area contributed by atoms with E-state index in [1.54, 1.807) is 25.2 Å². The zero-order valence-electron chi connectivity index (χ0n) is 18.5. The minimum Gasteiger partial charge on any atom is -0.493 e. The van der Waals surface area contributed by atoms with Gasteiger partial charge in [-0.1, -0.05) is 36.5 Å². The highest BCUT2D eigenvalue weighted by Crippen LogP contribution is 2.34. The molecule has 1 heterocycles. The number of ether oxygens (including phenoxy) is 3. The average molecular weight is 467 g/mol. The van der Waals surface area contributed by atoms with Crippen molar-refractivity contribution in [3.05, 3.63) is 28.7 Å². The third kappa shape index (κ3) is 7.83. The molecule has 31 heavy (non-hydrogen) atoms. The molecular formula is C22H30N2O5S2. The van der Waals surface area contributed by atoms with Crippen LogP contribution in [-0.2, 0) is 14.3 Å². The van der Waals surface area contributed by atoms with Crippen molar-refractivity contribution >= 4 is 46.3 Å². The van der Waals surface area contributed by atoms with Gasteiger partial charge in [0.05, 0.1) is 19.1 Å². The van der Waals surface area contributed by atoms with Gasteiger partial charge in [0.1, 0.15) is 10.9 Å². The lowest BCUT2D eigenvalue weighted by Crippen LogP contribution is -2.29. The van der Waals surface area contributed by atoms with Crippen molar-refractivity contribution in [1.82, 2.24) is 9.80 Å². The van der Waals surface area contributed by atoms with Gasteiger partial charge in [-0.05, 0) is 50.7 Å². The number of thioether (sulfide) groups is 1. The summed E-state index contributed by atoms with van der Waals surface area (Å²) in [5.41, 5.74) is 0.839. The van der Waals surface area contributed by atoms with Crippen LogP contribution in [0.1, 0.15) is 31.2 Å². The molecule has 1 aliphatic rings. The van der Waals surface area contributed by atoms with Gasteiger partial charge < -0.3 is 19.1 Å². The van der Waals surface area contributed by atoms with E-state index in [0.717, 1.165) is 31.4 Å². The predicted molar refractivity (Wildman–Crippen MR) is 127 cm³/mol. The Morgan fingerprint density at radius 3 is 2.58 bits per heavy atom. The molecule has 1 aliphatic heterocycles. The largest absolute Gasteiger partial charge is 0.493 e. The minimum atomic E-state index is -0.176. The van der Waals surface area contributed by atoms with Crippen molar-refractivity contribution < 1.29 is 23.8 Å². The number of methoxy groups -OCH3 is 2. The van der Waals surface area contributed by atoms with E-state index < -0.39 is 0 Å². The maximum atomic E-state index is 12.8. The van der Waals surface area contributed by atoms with Crippen molar-refractivity contribution in [2.45, 2.75) is 25.7 Å². The number of nitrogens with zero attached hydrogens (tertiary/aromatic N) is 2. The van der Waals surface area contributed by atoms with Gasteiger partial charge >= 0.3 is 5.97 Å². The van der Waals surface area contributed by atoms with Crippen LogP contribution in [0.3, 0.4) is 0 Å². The molecule has 7 nitrogen and oxygen atoms in total. The van der Waals surface area contributed by atoms with Crippen molar-refractivity contribution in [3.63, 3.8) is 0 Å². The fraction of sp³-hybridized carbons (Fsp3) is 0.500. The normalized spacial score (nSPS) is 15.1. The molecule has 0 saturated carbocycles. The highest BCUT2D eigenvalue weighted by Gasteiger charge is 2.31. The molecule has 1 amide bonds. The molecule has 0 atom stereocenters. The smallest absolute Gasteiger partial charge is 0.305 e. The molecule has 2 rings (SSSR count). The van der Waals surface area contributed by atoms with E-state index in [9.17, 15) is 9.59 Å². The topological polar surface area (TPSA) is 68.3 Å². The van der Waals surface area contributed by atoms with Crippen molar-refractivity contribution in [2.24, 2.45) is 0 Å². The number of likely N-dealkylation sites (N-methyl/N-ethyl adjacent to an activating group) is 1. The molecule has 1 aromatic rings. The van der Waals surface area contributed by atoms with E-state index in [0.29, 0.717) is 40.3 Å². The third-order valence-electron chi connectivity index (χ3n) is 4.64. The second-order valence-corrected chi connectivity index (χ2v) is 8.96. The number of carbonyl (C=O) groups is 2. The Kier molecular flexibility index (Phi) is 10.3. The van der Waals surface area contributed by atoms with E-state index in [1.165, 1.54) is 11.8 Å². The summed E-state index contributed by atoms with van der Waals surface area (Å²) in [6.45, 7) is 1.68. The number of esters is 1. The van der Waals surface area contributed by atoms with Crippen LogP contribution in [0.5, 0.6) is 11.5 Å². The Bertz CT molecular complexity index is 826. The summed E-state index contributed by atoms with van der Waals surface area (Å²) in [5, 5.41) is 0. The lowest BCUT2D eigenvalue weighted by Gasteiger charge is -2.14. The summed E-state index contributed by atoms with van der Waals surface area (Å²) in [7, 11) is 7.02. The molecule has 0 N–H and O–H groups in total. The van der Waals surface area contributed by atoms with Gasteiger partial charge in [0.15, 0.2) is 11.5 Å². The lowest BCUT2D eigenvalue weighted by atomic mass is 10.1. The molecular weight excluding hydrogens is 436 g/mol. The minimum absolute atomic E-state index is 0.0899. The van der Waals surface area contributed by atoms with E-state index >= 15 is 0 Å². The predicted octanol–water partition coefficient (Wildman–Crippen LogP) is 3.57. The van der Waals surface area contributed by atoms with Crippen LogP contribution >= 0.6 is 24.0 Å². The number of benzene rings is 1. The van der Waals surface area contributed by atoms with Gasteiger partial charge in [0.2, 0.25) is 0 Å². The number of thiocarbonyl (C=S) groups is 1. The van der Waals surface area contributed by atoms with Crippen molar-refractivity contribution in [2.75, 3.05) is 48.0 Å². The average Bonchev–Trinajstić information content (AvgIpc) is 3.00. The second-order valence-electron chi connectivity index (χ2n) is 7.28. The van der Waals surface area contributed by atoms with Gasteiger partial charge in [-0.15, -0.1) is 0 Å². The second kappa shape index (κ2) is 12.7. The summed E-state index contributed by atoms with van der Waals surface area (Å²) < 4.78 is 16.3. The van der Waals surface area contributed by atoms with E-state index in [-0.39, 0.29) is 11.9 Å². The number of rotatable bonds is 12. The standard InChI is InChI=1S/C22H30N2O5S2/c1-23(2)12-13-29-20(25)8-6-5-7-11-24-21(26)19(31-22(24)30)15-16-9-10-17(27-3)18(14-16)28-4/h9-10,14-15H,5-8,11-13H2,1-4H3. The van der Waals surface area contributed by atoms with Crippen LogP contribution in [0.2, 0.25) is 0 Å². The van der Waals surface area contributed by atoms with E-state index in [1.807, 2.05) is 37.2 Å². The molecule has 0 unspecified atom stereocenters. The molecule has 1 saturated heterocycles. The highest BCUT2D eigenvalue weighted by atomic mass is 32.2. The molecule has 9 heteroatoms.